The van der Waals surface area contributed by atoms with Crippen LogP contribution in [0.4, 0.5) is 5.69 Å². The van der Waals surface area contributed by atoms with Gasteiger partial charge in [-0.1, -0.05) is 6.07 Å². The van der Waals surface area contributed by atoms with Crippen LogP contribution in [0.5, 0.6) is 0 Å². The lowest BCUT2D eigenvalue weighted by atomic mass is 10.1. The third kappa shape index (κ3) is 4.29. The van der Waals surface area contributed by atoms with Crippen molar-refractivity contribution >= 4 is 21.6 Å². The molecule has 7 heteroatoms. The van der Waals surface area contributed by atoms with Crippen molar-refractivity contribution in [1.29, 1.82) is 0 Å². The lowest BCUT2D eigenvalue weighted by Gasteiger charge is -2.19. The zero-order valence-electron chi connectivity index (χ0n) is 13.3. The SMILES string of the molecule is Cc1cc(C(=O)NCc2ccccn2)ccc1N(C)S(C)(=O)=O. The molecule has 0 aliphatic rings. The molecule has 122 valence electrons. The quantitative estimate of drug-likeness (QED) is 0.903. The van der Waals surface area contributed by atoms with Gasteiger partial charge in [0.1, 0.15) is 0 Å². The third-order valence-corrected chi connectivity index (χ3v) is 4.64. The van der Waals surface area contributed by atoms with E-state index >= 15 is 0 Å². The van der Waals surface area contributed by atoms with E-state index in [2.05, 4.69) is 10.3 Å². The van der Waals surface area contributed by atoms with Gasteiger partial charge in [-0.05, 0) is 42.8 Å². The Kier molecular flexibility index (Phi) is 5.00. The summed E-state index contributed by atoms with van der Waals surface area (Å²) in [4.78, 5) is 16.3. The third-order valence-electron chi connectivity index (χ3n) is 3.45. The largest absolute Gasteiger partial charge is 0.346 e. The summed E-state index contributed by atoms with van der Waals surface area (Å²) in [5.41, 5.74) is 2.51. The number of pyridine rings is 1. The first-order valence-electron chi connectivity index (χ1n) is 7.01. The summed E-state index contributed by atoms with van der Waals surface area (Å²) >= 11 is 0. The van der Waals surface area contributed by atoms with Crippen LogP contribution >= 0.6 is 0 Å². The fraction of sp³-hybridized carbons (Fsp3) is 0.250. The highest BCUT2D eigenvalue weighted by atomic mass is 32.2. The highest BCUT2D eigenvalue weighted by Crippen LogP contribution is 2.22. The van der Waals surface area contributed by atoms with Crippen LogP contribution in [0.15, 0.2) is 42.6 Å². The van der Waals surface area contributed by atoms with Crippen molar-refractivity contribution in [1.82, 2.24) is 10.3 Å². The minimum atomic E-state index is -3.33. The number of anilines is 1. The fourth-order valence-corrected chi connectivity index (χ4v) is 2.67. The number of aryl methyl sites for hydroxylation is 1. The van der Waals surface area contributed by atoms with E-state index < -0.39 is 10.0 Å². The number of hydrogen-bond acceptors (Lipinski definition) is 4. The Hall–Kier alpha value is -2.41. The summed E-state index contributed by atoms with van der Waals surface area (Å²) in [6.07, 6.45) is 2.81. The maximum Gasteiger partial charge on any atom is 0.251 e. The summed E-state index contributed by atoms with van der Waals surface area (Å²) in [5, 5.41) is 2.79. The molecule has 0 unspecified atom stereocenters. The molecule has 1 aromatic heterocycles. The van der Waals surface area contributed by atoms with E-state index in [0.29, 0.717) is 23.4 Å². The Balaban J connectivity index is 2.12. The van der Waals surface area contributed by atoms with Crippen LogP contribution in [0.3, 0.4) is 0 Å². The van der Waals surface area contributed by atoms with Gasteiger partial charge in [0.05, 0.1) is 24.2 Å². The Morgan fingerprint density at radius 3 is 2.57 bits per heavy atom. The molecular weight excluding hydrogens is 314 g/mol. The maximum atomic E-state index is 12.2. The highest BCUT2D eigenvalue weighted by molar-refractivity contribution is 7.92. The predicted octanol–water partition coefficient (Wildman–Crippen LogP) is 1.72. The number of carbonyl (C=O) groups excluding carboxylic acids is 1. The molecule has 0 aliphatic carbocycles. The summed E-state index contributed by atoms with van der Waals surface area (Å²) in [5.74, 6) is -0.229. The predicted molar refractivity (Wildman–Crippen MR) is 89.8 cm³/mol. The molecule has 0 fully saturated rings. The molecule has 2 aromatic rings. The fourth-order valence-electron chi connectivity index (χ4n) is 2.10. The Morgan fingerprint density at radius 1 is 1.26 bits per heavy atom. The van der Waals surface area contributed by atoms with Crippen molar-refractivity contribution in [2.75, 3.05) is 17.6 Å². The molecule has 0 radical (unpaired) electrons. The van der Waals surface area contributed by atoms with Crippen LogP contribution in [-0.4, -0.2) is 32.6 Å². The number of rotatable bonds is 5. The molecule has 0 saturated carbocycles. The number of benzene rings is 1. The number of aromatic nitrogens is 1. The molecule has 1 aromatic carbocycles. The first kappa shape index (κ1) is 17.0. The van der Waals surface area contributed by atoms with Gasteiger partial charge in [-0.3, -0.25) is 14.1 Å². The number of carbonyl (C=O) groups is 1. The summed E-state index contributed by atoms with van der Waals surface area (Å²) in [7, 11) is -1.85. The average Bonchev–Trinajstić information content (AvgIpc) is 2.52. The molecule has 6 nitrogen and oxygen atoms in total. The van der Waals surface area contributed by atoms with Crippen LogP contribution in [0.1, 0.15) is 21.6 Å². The monoisotopic (exact) mass is 333 g/mol. The van der Waals surface area contributed by atoms with E-state index in [1.54, 1.807) is 31.3 Å². The van der Waals surface area contributed by atoms with Gasteiger partial charge in [0.2, 0.25) is 10.0 Å². The van der Waals surface area contributed by atoms with E-state index in [4.69, 9.17) is 0 Å². The van der Waals surface area contributed by atoms with Crippen molar-refractivity contribution in [2.24, 2.45) is 0 Å². The van der Waals surface area contributed by atoms with Crippen LogP contribution in [-0.2, 0) is 16.6 Å². The normalized spacial score (nSPS) is 11.1. The van der Waals surface area contributed by atoms with E-state index in [-0.39, 0.29) is 5.91 Å². The van der Waals surface area contributed by atoms with Crippen molar-refractivity contribution in [3.05, 3.63) is 59.4 Å². The molecule has 1 N–H and O–H groups in total. The zero-order valence-corrected chi connectivity index (χ0v) is 14.1. The van der Waals surface area contributed by atoms with Crippen LogP contribution in [0, 0.1) is 6.92 Å². The maximum absolute atomic E-state index is 12.2. The van der Waals surface area contributed by atoms with E-state index in [1.807, 2.05) is 18.2 Å². The molecule has 2 rings (SSSR count). The molecule has 0 atom stereocenters. The van der Waals surface area contributed by atoms with E-state index in [9.17, 15) is 13.2 Å². The lowest BCUT2D eigenvalue weighted by molar-refractivity contribution is 0.0950. The molecule has 0 bridgehead atoms. The smallest absolute Gasteiger partial charge is 0.251 e. The minimum absolute atomic E-state index is 0.229. The lowest BCUT2D eigenvalue weighted by Crippen LogP contribution is -2.26. The molecular formula is C16H19N3O3S. The molecule has 0 aliphatic heterocycles. The second kappa shape index (κ2) is 6.78. The van der Waals surface area contributed by atoms with Gasteiger partial charge in [0.15, 0.2) is 0 Å². The molecule has 0 spiro atoms. The molecule has 0 saturated heterocycles. The highest BCUT2D eigenvalue weighted by Gasteiger charge is 2.15. The topological polar surface area (TPSA) is 79.4 Å². The second-order valence-corrected chi connectivity index (χ2v) is 7.25. The summed E-state index contributed by atoms with van der Waals surface area (Å²) in [6, 6.07) is 10.4. The standard InChI is InChI=1S/C16H19N3O3S/c1-12-10-13(7-8-15(12)19(2)23(3,21)22)16(20)18-11-14-6-4-5-9-17-14/h4-10H,11H2,1-3H3,(H,18,20). The summed E-state index contributed by atoms with van der Waals surface area (Å²) < 4.78 is 24.4. The molecule has 1 amide bonds. The number of hydrogen-bond donors (Lipinski definition) is 1. The number of sulfonamides is 1. The molecule has 23 heavy (non-hydrogen) atoms. The van der Waals surface area contributed by atoms with E-state index in [1.165, 1.54) is 11.4 Å². The van der Waals surface area contributed by atoms with Crippen LogP contribution in [0.2, 0.25) is 0 Å². The van der Waals surface area contributed by atoms with Gasteiger partial charge < -0.3 is 5.32 Å². The van der Waals surface area contributed by atoms with Crippen molar-refractivity contribution in [2.45, 2.75) is 13.5 Å². The van der Waals surface area contributed by atoms with Crippen molar-refractivity contribution in [3.63, 3.8) is 0 Å². The number of nitrogens with one attached hydrogen (secondary N) is 1. The van der Waals surface area contributed by atoms with Gasteiger partial charge in [0.25, 0.3) is 5.91 Å². The van der Waals surface area contributed by atoms with Crippen molar-refractivity contribution in [3.8, 4) is 0 Å². The second-order valence-electron chi connectivity index (χ2n) is 5.24. The zero-order chi connectivity index (χ0) is 17.0. The number of nitrogens with zero attached hydrogens (tertiary/aromatic N) is 2. The van der Waals surface area contributed by atoms with Gasteiger partial charge in [-0.2, -0.15) is 0 Å². The van der Waals surface area contributed by atoms with Gasteiger partial charge in [-0.25, -0.2) is 8.42 Å². The number of amides is 1. The minimum Gasteiger partial charge on any atom is -0.346 e. The van der Waals surface area contributed by atoms with Gasteiger partial charge in [0, 0.05) is 18.8 Å². The van der Waals surface area contributed by atoms with Crippen LogP contribution in [0.25, 0.3) is 0 Å². The van der Waals surface area contributed by atoms with E-state index in [0.717, 1.165) is 11.9 Å². The van der Waals surface area contributed by atoms with Gasteiger partial charge in [-0.15, -0.1) is 0 Å². The van der Waals surface area contributed by atoms with Crippen LogP contribution < -0.4 is 9.62 Å². The Morgan fingerprint density at radius 2 is 2.00 bits per heavy atom. The summed E-state index contributed by atoms with van der Waals surface area (Å²) in [6.45, 7) is 2.11. The molecule has 1 heterocycles. The Labute approximate surface area is 136 Å². The first-order chi connectivity index (χ1) is 10.8. The Bertz CT molecular complexity index is 805. The van der Waals surface area contributed by atoms with Gasteiger partial charge >= 0.3 is 0 Å². The van der Waals surface area contributed by atoms with Crippen molar-refractivity contribution < 1.29 is 13.2 Å². The first-order valence-corrected chi connectivity index (χ1v) is 8.86. The average molecular weight is 333 g/mol.